The highest BCUT2D eigenvalue weighted by Gasteiger charge is 2.05. The van der Waals surface area contributed by atoms with Gasteiger partial charge >= 0.3 is 0 Å². The normalized spacial score (nSPS) is 10.2. The van der Waals surface area contributed by atoms with Crippen LogP contribution in [-0.2, 0) is 0 Å². The van der Waals surface area contributed by atoms with Gasteiger partial charge in [-0.25, -0.2) is 0 Å². The monoisotopic (exact) mass is 281 g/mol. The van der Waals surface area contributed by atoms with Crippen LogP contribution >= 0.6 is 11.8 Å². The fourth-order valence-electron chi connectivity index (χ4n) is 1.78. The summed E-state index contributed by atoms with van der Waals surface area (Å²) in [6, 6.07) is 5.35. The summed E-state index contributed by atoms with van der Waals surface area (Å²) in [6.45, 7) is 0.915. The minimum absolute atomic E-state index is 0.115. The SMILES string of the molecule is CNC(=O)c1ccc(NCCCCCSC)c(N)c1. The molecule has 0 bridgehead atoms. The Morgan fingerprint density at radius 2 is 2.11 bits per heavy atom. The maximum Gasteiger partial charge on any atom is 0.251 e. The third-order valence-corrected chi connectivity index (χ3v) is 3.58. The maximum absolute atomic E-state index is 11.4. The highest BCUT2D eigenvalue weighted by atomic mass is 32.2. The number of carbonyl (C=O) groups is 1. The van der Waals surface area contributed by atoms with E-state index in [0.29, 0.717) is 11.3 Å². The molecule has 0 saturated heterocycles. The molecule has 0 aliphatic heterocycles. The van der Waals surface area contributed by atoms with Crippen molar-refractivity contribution < 1.29 is 4.79 Å². The quantitative estimate of drug-likeness (QED) is 0.506. The van der Waals surface area contributed by atoms with Gasteiger partial charge in [0.25, 0.3) is 5.91 Å². The van der Waals surface area contributed by atoms with Gasteiger partial charge in [0.1, 0.15) is 0 Å². The number of hydrogen-bond donors (Lipinski definition) is 3. The minimum atomic E-state index is -0.115. The van der Waals surface area contributed by atoms with E-state index in [0.717, 1.165) is 18.7 Å². The van der Waals surface area contributed by atoms with E-state index in [1.807, 2.05) is 17.8 Å². The Bertz CT molecular complexity index is 410. The Hall–Kier alpha value is -1.36. The van der Waals surface area contributed by atoms with Crippen molar-refractivity contribution in [1.82, 2.24) is 5.32 Å². The molecule has 0 aliphatic carbocycles. The highest BCUT2D eigenvalue weighted by Crippen LogP contribution is 2.20. The molecule has 4 nitrogen and oxygen atoms in total. The second kappa shape index (κ2) is 8.69. The Balaban J connectivity index is 2.40. The molecule has 1 aromatic carbocycles. The number of nitrogens with two attached hydrogens (primary N) is 1. The first-order valence-electron chi connectivity index (χ1n) is 6.53. The van der Waals surface area contributed by atoms with Gasteiger partial charge in [-0.15, -0.1) is 0 Å². The molecule has 0 heterocycles. The Morgan fingerprint density at radius 3 is 2.74 bits per heavy atom. The first-order valence-corrected chi connectivity index (χ1v) is 7.93. The highest BCUT2D eigenvalue weighted by molar-refractivity contribution is 7.98. The van der Waals surface area contributed by atoms with Gasteiger partial charge in [-0.2, -0.15) is 11.8 Å². The van der Waals surface area contributed by atoms with Crippen molar-refractivity contribution >= 4 is 29.0 Å². The van der Waals surface area contributed by atoms with Crippen LogP contribution in [0.25, 0.3) is 0 Å². The summed E-state index contributed by atoms with van der Waals surface area (Å²) in [7, 11) is 1.61. The van der Waals surface area contributed by atoms with E-state index in [4.69, 9.17) is 5.73 Å². The number of unbranched alkanes of at least 4 members (excludes halogenated alkanes) is 2. The minimum Gasteiger partial charge on any atom is -0.397 e. The summed E-state index contributed by atoms with van der Waals surface area (Å²) in [5, 5.41) is 5.89. The van der Waals surface area contributed by atoms with Crippen LogP contribution in [0, 0.1) is 0 Å². The third-order valence-electron chi connectivity index (χ3n) is 2.88. The zero-order chi connectivity index (χ0) is 14.1. The van der Waals surface area contributed by atoms with E-state index in [-0.39, 0.29) is 5.91 Å². The molecule has 0 saturated carbocycles. The van der Waals surface area contributed by atoms with E-state index < -0.39 is 0 Å². The number of rotatable bonds is 8. The van der Waals surface area contributed by atoms with Gasteiger partial charge < -0.3 is 16.4 Å². The topological polar surface area (TPSA) is 67.2 Å². The maximum atomic E-state index is 11.4. The van der Waals surface area contributed by atoms with Gasteiger partial charge in [-0.3, -0.25) is 4.79 Å². The molecule has 106 valence electrons. The molecule has 4 N–H and O–H groups in total. The number of carbonyl (C=O) groups excluding carboxylic acids is 1. The van der Waals surface area contributed by atoms with Crippen molar-refractivity contribution in [1.29, 1.82) is 0 Å². The molecule has 0 atom stereocenters. The Kier molecular flexibility index (Phi) is 7.18. The number of hydrogen-bond acceptors (Lipinski definition) is 4. The predicted molar refractivity (Wildman–Crippen MR) is 85.0 cm³/mol. The summed E-state index contributed by atoms with van der Waals surface area (Å²) < 4.78 is 0. The third kappa shape index (κ3) is 5.42. The van der Waals surface area contributed by atoms with Crippen molar-refractivity contribution in [3.8, 4) is 0 Å². The summed E-state index contributed by atoms with van der Waals surface area (Å²) in [4.78, 5) is 11.4. The molecule has 5 heteroatoms. The molecule has 0 unspecified atom stereocenters. The van der Waals surface area contributed by atoms with Crippen LogP contribution < -0.4 is 16.4 Å². The van der Waals surface area contributed by atoms with Crippen LogP contribution in [0.4, 0.5) is 11.4 Å². The van der Waals surface area contributed by atoms with Gasteiger partial charge in [0, 0.05) is 19.2 Å². The molecular weight excluding hydrogens is 258 g/mol. The standard InChI is InChI=1S/C14H23N3OS/c1-16-14(18)11-6-7-13(12(15)10-11)17-8-4-3-5-9-19-2/h6-7,10,17H,3-5,8-9,15H2,1-2H3,(H,16,18). The number of anilines is 2. The van der Waals surface area contributed by atoms with Crippen molar-refractivity contribution in [3.63, 3.8) is 0 Å². The number of amides is 1. The lowest BCUT2D eigenvalue weighted by Gasteiger charge is -2.10. The number of thioether (sulfide) groups is 1. The van der Waals surface area contributed by atoms with E-state index in [2.05, 4.69) is 16.9 Å². The molecule has 19 heavy (non-hydrogen) atoms. The molecule has 0 spiro atoms. The van der Waals surface area contributed by atoms with E-state index in [1.165, 1.54) is 18.6 Å². The van der Waals surface area contributed by atoms with Crippen LogP contribution in [0.3, 0.4) is 0 Å². The van der Waals surface area contributed by atoms with Gasteiger partial charge in [0.15, 0.2) is 0 Å². The van der Waals surface area contributed by atoms with Crippen molar-refractivity contribution in [3.05, 3.63) is 23.8 Å². The Labute approximate surface area is 119 Å². The van der Waals surface area contributed by atoms with E-state index in [1.54, 1.807) is 19.2 Å². The van der Waals surface area contributed by atoms with E-state index >= 15 is 0 Å². The lowest BCUT2D eigenvalue weighted by atomic mass is 10.1. The zero-order valence-electron chi connectivity index (χ0n) is 11.7. The average Bonchev–Trinajstić information content (AvgIpc) is 2.43. The van der Waals surface area contributed by atoms with Crippen LogP contribution in [-0.4, -0.2) is 31.5 Å². The molecule has 0 fully saturated rings. The second-order valence-electron chi connectivity index (χ2n) is 4.36. The molecule has 0 aliphatic rings. The fraction of sp³-hybridized carbons (Fsp3) is 0.500. The Morgan fingerprint density at radius 1 is 1.32 bits per heavy atom. The summed E-state index contributed by atoms with van der Waals surface area (Å²) in [5.74, 6) is 1.11. The smallest absolute Gasteiger partial charge is 0.251 e. The van der Waals surface area contributed by atoms with Crippen molar-refractivity contribution in [2.24, 2.45) is 0 Å². The van der Waals surface area contributed by atoms with Gasteiger partial charge in [-0.05, 0) is 43.0 Å². The number of benzene rings is 1. The summed E-state index contributed by atoms with van der Waals surface area (Å²) in [6.07, 6.45) is 5.75. The summed E-state index contributed by atoms with van der Waals surface area (Å²) >= 11 is 1.89. The molecule has 1 rings (SSSR count). The van der Waals surface area contributed by atoms with Crippen molar-refractivity contribution in [2.45, 2.75) is 19.3 Å². The van der Waals surface area contributed by atoms with Crippen LogP contribution in [0.2, 0.25) is 0 Å². The fourth-order valence-corrected chi connectivity index (χ4v) is 2.27. The molecule has 1 aromatic rings. The lowest BCUT2D eigenvalue weighted by molar-refractivity contribution is 0.0963. The molecular formula is C14H23N3OS. The largest absolute Gasteiger partial charge is 0.397 e. The van der Waals surface area contributed by atoms with Gasteiger partial charge in [0.05, 0.1) is 11.4 Å². The lowest BCUT2D eigenvalue weighted by Crippen LogP contribution is -2.18. The van der Waals surface area contributed by atoms with Crippen LogP contribution in [0.1, 0.15) is 29.6 Å². The van der Waals surface area contributed by atoms with Crippen LogP contribution in [0.15, 0.2) is 18.2 Å². The van der Waals surface area contributed by atoms with E-state index in [9.17, 15) is 4.79 Å². The summed E-state index contributed by atoms with van der Waals surface area (Å²) in [5.41, 5.74) is 8.04. The number of nitrogens with one attached hydrogen (secondary N) is 2. The molecule has 1 amide bonds. The van der Waals surface area contributed by atoms with Crippen molar-refractivity contribution in [2.75, 3.05) is 36.7 Å². The second-order valence-corrected chi connectivity index (χ2v) is 5.35. The average molecular weight is 281 g/mol. The molecule has 0 radical (unpaired) electrons. The first kappa shape index (κ1) is 15.7. The zero-order valence-corrected chi connectivity index (χ0v) is 12.5. The predicted octanol–water partition coefficient (Wildman–Crippen LogP) is 2.57. The number of nitrogen functional groups attached to an aromatic ring is 1. The first-order chi connectivity index (χ1) is 9.19. The van der Waals surface area contributed by atoms with Gasteiger partial charge in [-0.1, -0.05) is 6.42 Å². The van der Waals surface area contributed by atoms with Crippen LogP contribution in [0.5, 0.6) is 0 Å². The molecule has 0 aromatic heterocycles. The van der Waals surface area contributed by atoms with Gasteiger partial charge in [0.2, 0.25) is 0 Å².